The number of ketones is 1. The van der Waals surface area contributed by atoms with E-state index in [4.69, 9.17) is 17.3 Å². The Morgan fingerprint density at radius 2 is 1.88 bits per heavy atom. The maximum Gasteiger partial charge on any atom is 0.323 e. The average molecular weight is 450 g/mol. The number of urea groups is 1. The van der Waals surface area contributed by atoms with Crippen LogP contribution in [0.15, 0.2) is 55.2 Å². The Labute approximate surface area is 188 Å². The number of nitrogens with two attached hydrogens (primary N) is 1. The van der Waals surface area contributed by atoms with E-state index in [9.17, 15) is 9.59 Å². The van der Waals surface area contributed by atoms with Gasteiger partial charge in [0.15, 0.2) is 5.78 Å². The highest BCUT2D eigenvalue weighted by Gasteiger charge is 2.22. The van der Waals surface area contributed by atoms with Crippen LogP contribution >= 0.6 is 11.6 Å². The summed E-state index contributed by atoms with van der Waals surface area (Å²) in [6.07, 6.45) is 5.97. The Bertz CT molecular complexity index is 1330. The molecule has 4 rings (SSSR count). The molecule has 3 heterocycles. The largest absolute Gasteiger partial charge is 0.383 e. The maximum absolute atomic E-state index is 13.3. The SMILES string of the molecule is CC(C)n1cc(C(=O)c2cncc(NC(=O)Nc3cccc(Cl)c3)c2)c2c(N)ncnc21. The molecule has 32 heavy (non-hydrogen) atoms. The second kappa shape index (κ2) is 8.64. The Morgan fingerprint density at radius 1 is 1.09 bits per heavy atom. The van der Waals surface area contributed by atoms with Crippen molar-refractivity contribution in [1.29, 1.82) is 0 Å². The van der Waals surface area contributed by atoms with Crippen molar-refractivity contribution >= 4 is 51.6 Å². The number of halogens is 1. The molecule has 0 atom stereocenters. The number of rotatable bonds is 5. The summed E-state index contributed by atoms with van der Waals surface area (Å²) in [7, 11) is 0. The number of nitrogens with one attached hydrogen (secondary N) is 2. The summed E-state index contributed by atoms with van der Waals surface area (Å²) in [4.78, 5) is 38.1. The third kappa shape index (κ3) is 4.23. The number of aromatic nitrogens is 4. The molecule has 0 fully saturated rings. The number of carbonyl (C=O) groups excluding carboxylic acids is 2. The number of anilines is 3. The van der Waals surface area contributed by atoms with E-state index in [1.165, 1.54) is 18.7 Å². The smallest absolute Gasteiger partial charge is 0.323 e. The van der Waals surface area contributed by atoms with Gasteiger partial charge in [0.2, 0.25) is 0 Å². The molecule has 1 aromatic carbocycles. The monoisotopic (exact) mass is 449 g/mol. The van der Waals surface area contributed by atoms with E-state index >= 15 is 0 Å². The average Bonchev–Trinajstić information content (AvgIpc) is 3.15. The fourth-order valence-corrected chi connectivity index (χ4v) is 3.51. The third-order valence-corrected chi connectivity index (χ3v) is 5.02. The summed E-state index contributed by atoms with van der Waals surface area (Å²) >= 11 is 5.94. The van der Waals surface area contributed by atoms with Gasteiger partial charge in [-0.3, -0.25) is 9.78 Å². The van der Waals surface area contributed by atoms with Crippen LogP contribution in [0.2, 0.25) is 5.02 Å². The highest BCUT2D eigenvalue weighted by atomic mass is 35.5. The zero-order valence-corrected chi connectivity index (χ0v) is 18.1. The highest BCUT2D eigenvalue weighted by Crippen LogP contribution is 2.28. The van der Waals surface area contributed by atoms with Gasteiger partial charge in [0, 0.05) is 34.7 Å². The Balaban J connectivity index is 1.61. The zero-order valence-electron chi connectivity index (χ0n) is 17.3. The predicted octanol–water partition coefficient (Wildman–Crippen LogP) is 4.52. The summed E-state index contributed by atoms with van der Waals surface area (Å²) < 4.78 is 1.87. The van der Waals surface area contributed by atoms with Crippen molar-refractivity contribution in [3.05, 3.63) is 71.4 Å². The number of hydrogen-bond acceptors (Lipinski definition) is 6. The fourth-order valence-electron chi connectivity index (χ4n) is 3.32. The normalized spacial score (nSPS) is 11.0. The van der Waals surface area contributed by atoms with E-state index in [2.05, 4.69) is 25.6 Å². The number of carbonyl (C=O) groups is 2. The molecule has 0 unspecified atom stereocenters. The van der Waals surface area contributed by atoms with E-state index in [1.54, 1.807) is 36.5 Å². The second-order valence-electron chi connectivity index (χ2n) is 7.38. The summed E-state index contributed by atoms with van der Waals surface area (Å²) in [5, 5.41) is 6.33. The lowest BCUT2D eigenvalue weighted by atomic mass is 10.1. The van der Waals surface area contributed by atoms with E-state index in [0.29, 0.717) is 33.0 Å². The number of benzene rings is 1. The second-order valence-corrected chi connectivity index (χ2v) is 7.82. The number of pyridine rings is 1. The zero-order chi connectivity index (χ0) is 22.8. The highest BCUT2D eigenvalue weighted by molar-refractivity contribution is 6.31. The van der Waals surface area contributed by atoms with Gasteiger partial charge >= 0.3 is 6.03 Å². The van der Waals surface area contributed by atoms with Crippen LogP contribution in [0.5, 0.6) is 0 Å². The Morgan fingerprint density at radius 3 is 2.62 bits per heavy atom. The van der Waals surface area contributed by atoms with E-state index in [-0.39, 0.29) is 23.2 Å². The molecule has 0 aliphatic carbocycles. The summed E-state index contributed by atoms with van der Waals surface area (Å²) in [5.74, 6) is -0.0804. The summed E-state index contributed by atoms with van der Waals surface area (Å²) in [6.45, 7) is 3.97. The number of nitrogens with zero attached hydrogens (tertiary/aromatic N) is 4. The van der Waals surface area contributed by atoms with Gasteiger partial charge in [-0.2, -0.15) is 0 Å². The molecule has 0 saturated heterocycles. The van der Waals surface area contributed by atoms with E-state index in [1.807, 2.05) is 18.4 Å². The lowest BCUT2D eigenvalue weighted by Gasteiger charge is -2.09. The van der Waals surface area contributed by atoms with Crippen LogP contribution in [-0.4, -0.2) is 31.3 Å². The minimum Gasteiger partial charge on any atom is -0.383 e. The minimum absolute atomic E-state index is 0.0645. The van der Waals surface area contributed by atoms with Gasteiger partial charge in [-0.05, 0) is 38.1 Å². The van der Waals surface area contributed by atoms with Gasteiger partial charge in [-0.25, -0.2) is 14.8 Å². The Hall–Kier alpha value is -3.98. The first-order valence-corrected chi connectivity index (χ1v) is 10.2. The maximum atomic E-state index is 13.3. The third-order valence-electron chi connectivity index (χ3n) is 4.78. The van der Waals surface area contributed by atoms with Crippen molar-refractivity contribution in [1.82, 2.24) is 19.5 Å². The van der Waals surface area contributed by atoms with E-state index < -0.39 is 6.03 Å². The Kier molecular flexibility index (Phi) is 5.74. The molecule has 4 aromatic rings. The molecule has 9 nitrogen and oxygen atoms in total. The van der Waals surface area contributed by atoms with Gasteiger partial charge in [-0.1, -0.05) is 17.7 Å². The van der Waals surface area contributed by atoms with Crippen LogP contribution in [-0.2, 0) is 0 Å². The lowest BCUT2D eigenvalue weighted by Crippen LogP contribution is -2.19. The lowest BCUT2D eigenvalue weighted by molar-refractivity contribution is 0.103. The molecule has 0 aliphatic rings. The van der Waals surface area contributed by atoms with Crippen molar-refractivity contribution in [3.63, 3.8) is 0 Å². The number of amides is 2. The molecule has 0 radical (unpaired) electrons. The van der Waals surface area contributed by atoms with Crippen molar-refractivity contribution in [2.24, 2.45) is 0 Å². The van der Waals surface area contributed by atoms with Crippen LogP contribution in [0.25, 0.3) is 11.0 Å². The van der Waals surface area contributed by atoms with Gasteiger partial charge in [0.05, 0.1) is 22.8 Å². The molecule has 4 N–H and O–H groups in total. The van der Waals surface area contributed by atoms with Crippen LogP contribution in [0.1, 0.15) is 35.8 Å². The van der Waals surface area contributed by atoms with Gasteiger partial charge in [0.1, 0.15) is 17.8 Å². The van der Waals surface area contributed by atoms with Crippen LogP contribution in [0.4, 0.5) is 22.0 Å². The first-order valence-electron chi connectivity index (χ1n) is 9.78. The molecule has 0 bridgehead atoms. The standard InChI is InChI=1S/C22H20ClN7O2/c1-12(2)30-10-17(18-20(24)26-11-27-21(18)30)19(31)13-6-16(9-25-8-13)29-22(32)28-15-5-3-4-14(23)7-15/h3-12H,1-2H3,(H2,24,26,27)(H2,28,29,32). The molecular weight excluding hydrogens is 430 g/mol. The summed E-state index contributed by atoms with van der Waals surface area (Å²) in [6, 6.07) is 7.88. The molecule has 0 aliphatic heterocycles. The van der Waals surface area contributed by atoms with Gasteiger partial charge < -0.3 is 20.9 Å². The predicted molar refractivity (Wildman–Crippen MR) is 124 cm³/mol. The number of hydrogen-bond donors (Lipinski definition) is 3. The topological polar surface area (TPSA) is 128 Å². The first kappa shape index (κ1) is 21.3. The number of nitrogen functional groups attached to an aromatic ring is 1. The molecule has 10 heteroatoms. The molecular formula is C22H20ClN7O2. The molecule has 162 valence electrons. The fraction of sp³-hybridized carbons (Fsp3) is 0.136. The minimum atomic E-state index is -0.493. The van der Waals surface area contributed by atoms with Crippen LogP contribution < -0.4 is 16.4 Å². The van der Waals surface area contributed by atoms with Gasteiger partial charge in [-0.15, -0.1) is 0 Å². The summed E-state index contributed by atoms with van der Waals surface area (Å²) in [5.41, 5.74) is 8.19. The molecule has 0 spiro atoms. The van der Waals surface area contributed by atoms with Gasteiger partial charge in [0.25, 0.3) is 0 Å². The van der Waals surface area contributed by atoms with Crippen molar-refractivity contribution in [2.45, 2.75) is 19.9 Å². The first-order chi connectivity index (χ1) is 15.3. The quantitative estimate of drug-likeness (QED) is 0.384. The van der Waals surface area contributed by atoms with E-state index in [0.717, 1.165) is 0 Å². The van der Waals surface area contributed by atoms with Crippen LogP contribution in [0, 0.1) is 0 Å². The molecule has 0 saturated carbocycles. The molecule has 2 amide bonds. The van der Waals surface area contributed by atoms with Crippen molar-refractivity contribution < 1.29 is 9.59 Å². The molecule has 3 aromatic heterocycles. The number of fused-ring (bicyclic) bond motifs is 1. The van der Waals surface area contributed by atoms with Crippen molar-refractivity contribution in [3.8, 4) is 0 Å². The van der Waals surface area contributed by atoms with Crippen molar-refractivity contribution in [2.75, 3.05) is 16.4 Å². The van der Waals surface area contributed by atoms with Crippen LogP contribution in [0.3, 0.4) is 0 Å².